The standard InChI is InChI=1S/2C18H18N2O4.C18H18N2O3S.C15H20N2O2.C14H16N2O4.C13H16N4O3/c21-16-9-13-11(10-20(22)23)5-7-18(13)17-12-3-1-2-4-14(12)24-15(17)6-8-19(16)18;2*21-16-9-14-11(10-20(22)23)5-7-18(14)17-13(6-8-19(16)18)12-3-1-2-4-15(12)24-17;18-17(19)10-12-4-7-15-13-3-1-2-11(13)5-8-16(15)9-6-14(12)15;17-12-7-11-10(8-16(18)19)1-4-14(11)13-9(3-6-20-13)2-5-15(12)14;18-11-5-9-8(6-17(19)20)1-3-13(9)12-10(14-7-15-12)2-4-16(11)13/h1-4,11,13H,5-10H2;2*1-4,11,14H,5-10H2;1,3,12,14H,2,4-10H2;3,6,10-11H,1-2,4-5,7-8H2;7-9H,1-6H2,(H,14,15)/t11-,13-,18+;2*11-,14-,18+;12-,14-,15-;10-,11-,14+;8-,9-,13+/m000000/s1. The van der Waals surface area contributed by atoms with Crippen molar-refractivity contribution >= 4 is 72.9 Å². The van der Waals surface area contributed by atoms with E-state index in [1.165, 1.54) is 44.6 Å². The van der Waals surface area contributed by atoms with Crippen molar-refractivity contribution in [2.75, 3.05) is 85.1 Å². The van der Waals surface area contributed by atoms with Crippen LogP contribution in [0.25, 0.3) is 32.0 Å². The highest BCUT2D eigenvalue weighted by atomic mass is 32.1. The van der Waals surface area contributed by atoms with Crippen LogP contribution in [-0.2, 0) is 83.8 Å². The van der Waals surface area contributed by atoms with Gasteiger partial charge in [0, 0.05) is 222 Å². The number of nitrogens with zero attached hydrogens (tertiary/aromatic N) is 13. The highest BCUT2D eigenvalue weighted by Gasteiger charge is 2.70. The minimum absolute atomic E-state index is 0.00462. The maximum atomic E-state index is 12.6. The van der Waals surface area contributed by atoms with E-state index in [0.29, 0.717) is 70.1 Å². The number of nitro groups is 6. The number of aromatic amines is 1. The number of para-hydroxylation sites is 2. The zero-order chi connectivity index (χ0) is 90.3. The van der Waals surface area contributed by atoms with Gasteiger partial charge < -0.3 is 42.7 Å². The van der Waals surface area contributed by atoms with Crippen LogP contribution >= 0.6 is 11.3 Å². The number of furan rings is 3. The molecule has 17 heterocycles. The maximum Gasteiger partial charge on any atom is 0.223 e. The van der Waals surface area contributed by atoms with Gasteiger partial charge in [-0.05, 0) is 174 Å². The molecule has 7 aliphatic carbocycles. The van der Waals surface area contributed by atoms with Crippen LogP contribution in [0.3, 0.4) is 0 Å². The lowest BCUT2D eigenvalue weighted by Crippen LogP contribution is -2.50. The lowest BCUT2D eigenvalue weighted by molar-refractivity contribution is -0.489. The number of hydrogen-bond donors (Lipinski definition) is 1. The number of H-pyrrole nitrogens is 1. The number of aromatic nitrogens is 2. The van der Waals surface area contributed by atoms with Crippen LogP contribution in [0.1, 0.15) is 184 Å². The summed E-state index contributed by atoms with van der Waals surface area (Å²) in [5.74, 6) is 4.40. The van der Waals surface area contributed by atoms with Crippen LogP contribution in [-0.4, -0.2) is 189 Å². The highest BCUT2D eigenvalue weighted by Crippen LogP contribution is 2.67. The fourth-order valence-corrected chi connectivity index (χ4v) is 32.5. The number of benzene rings is 3. The van der Waals surface area contributed by atoms with E-state index in [9.17, 15) is 84.7 Å². The van der Waals surface area contributed by atoms with Crippen LogP contribution in [0.5, 0.6) is 0 Å². The summed E-state index contributed by atoms with van der Waals surface area (Å²) < 4.78 is 19.3. The molecule has 3 aromatic carbocycles. The summed E-state index contributed by atoms with van der Waals surface area (Å²) in [6.45, 7) is 5.84. The van der Waals surface area contributed by atoms with Crippen LogP contribution < -0.4 is 0 Å². The van der Waals surface area contributed by atoms with Crippen LogP contribution in [0.2, 0.25) is 0 Å². The van der Waals surface area contributed by atoms with Gasteiger partial charge in [-0.2, -0.15) is 0 Å². The molecule has 19 aliphatic rings. The van der Waals surface area contributed by atoms with Crippen LogP contribution in [0.15, 0.2) is 128 Å². The highest BCUT2D eigenvalue weighted by molar-refractivity contribution is 7.19. The Balaban J connectivity index is 0.0000000923. The molecule has 5 amide bonds. The van der Waals surface area contributed by atoms with Gasteiger partial charge in [-0.25, -0.2) is 4.98 Å². The molecule has 131 heavy (non-hydrogen) atoms. The average molecular weight is 1810 g/mol. The molecule has 1 N–H and O–H groups in total. The molecule has 18 atom stereocenters. The van der Waals surface area contributed by atoms with E-state index in [2.05, 4.69) is 68.3 Å². The first kappa shape index (κ1) is 84.9. The molecule has 6 saturated carbocycles. The molecule has 27 rings (SSSR count). The van der Waals surface area contributed by atoms with Gasteiger partial charge in [0.2, 0.25) is 68.8 Å². The third kappa shape index (κ3) is 12.8. The van der Waals surface area contributed by atoms with Crippen molar-refractivity contribution in [1.29, 1.82) is 0 Å². The first-order valence-electron chi connectivity index (χ1n) is 47.3. The molecule has 8 aromatic rings. The van der Waals surface area contributed by atoms with Crippen molar-refractivity contribution in [2.24, 2.45) is 71.0 Å². The number of amides is 5. The predicted octanol–water partition coefficient (Wildman–Crippen LogP) is 13.3. The Morgan fingerprint density at radius 1 is 0.420 bits per heavy atom. The molecule has 0 unspecified atom stereocenters. The second-order valence-electron chi connectivity index (χ2n) is 40.4. The third-order valence-corrected chi connectivity index (χ3v) is 37.0. The zero-order valence-corrected chi connectivity index (χ0v) is 73.8. The second-order valence-corrected chi connectivity index (χ2v) is 41.5. The van der Waals surface area contributed by atoms with Crippen molar-refractivity contribution < 1.29 is 66.8 Å². The van der Waals surface area contributed by atoms with E-state index in [1.807, 2.05) is 62.1 Å². The normalized spacial score (nSPS) is 33.6. The van der Waals surface area contributed by atoms with Gasteiger partial charge in [-0.15, -0.1) is 11.3 Å². The first-order valence-corrected chi connectivity index (χ1v) is 48.1. The smallest absolute Gasteiger partial charge is 0.223 e. The Morgan fingerprint density at radius 2 is 0.863 bits per heavy atom. The van der Waals surface area contributed by atoms with Gasteiger partial charge >= 0.3 is 0 Å². The number of imidazole rings is 1. The molecular weight excluding hydrogens is 1700 g/mol. The zero-order valence-electron chi connectivity index (χ0n) is 73.0. The molecule has 12 fully saturated rings. The monoisotopic (exact) mass is 1810 g/mol. The van der Waals surface area contributed by atoms with Gasteiger partial charge in [0.15, 0.2) is 0 Å². The van der Waals surface area contributed by atoms with Gasteiger partial charge in [0.25, 0.3) is 0 Å². The number of allylic oxidation sites excluding steroid dienone is 1. The van der Waals surface area contributed by atoms with E-state index >= 15 is 0 Å². The van der Waals surface area contributed by atoms with Gasteiger partial charge in [-0.1, -0.05) is 72.3 Å². The van der Waals surface area contributed by atoms with Crippen LogP contribution in [0, 0.1) is 132 Å². The molecule has 686 valence electrons. The van der Waals surface area contributed by atoms with Crippen molar-refractivity contribution in [1.82, 2.24) is 39.4 Å². The van der Waals surface area contributed by atoms with Gasteiger partial charge in [0.05, 0.1) is 34.9 Å². The second kappa shape index (κ2) is 31.8. The van der Waals surface area contributed by atoms with Crippen molar-refractivity contribution in [2.45, 2.75) is 194 Å². The number of rotatable bonds is 12. The minimum Gasteiger partial charge on any atom is -0.467 e. The van der Waals surface area contributed by atoms with E-state index in [-0.39, 0.29) is 174 Å². The topological polar surface area (TPSA) is 432 Å². The lowest BCUT2D eigenvalue weighted by atomic mass is 9.75. The predicted molar refractivity (Wildman–Crippen MR) is 473 cm³/mol. The molecule has 0 bridgehead atoms. The summed E-state index contributed by atoms with van der Waals surface area (Å²) in [4.78, 5) is 149. The minimum atomic E-state index is -0.454. The summed E-state index contributed by atoms with van der Waals surface area (Å²) >= 11 is 1.80. The number of nitrogens with one attached hydrogen (secondary N) is 1. The van der Waals surface area contributed by atoms with Crippen molar-refractivity contribution in [3.63, 3.8) is 0 Å². The first-order chi connectivity index (χ1) is 63.3. The molecule has 6 saturated heterocycles. The Morgan fingerprint density at radius 3 is 1.46 bits per heavy atom. The van der Waals surface area contributed by atoms with Crippen LogP contribution in [0.4, 0.5) is 0 Å². The molecule has 35 heteroatoms. The third-order valence-electron chi connectivity index (χ3n) is 35.6. The van der Waals surface area contributed by atoms with E-state index in [1.54, 1.807) is 35.1 Å². The largest absolute Gasteiger partial charge is 0.467 e. The SMILES string of the molecule is O=C1C[C@H]2[C@H](C[N+](=O)[O-])CC[C@]23c2c(oc4ccccc24)CCN13.O=C1C[C@H]2[C@H](C[N+](=O)[O-])CC[C@]23c2nc[nH]c2CCN13.O=C1C[C@H]2[C@H](C[N+](=O)[O-])CC[C@]23c2oc4ccccc4c2CCN13.O=C1C[C@H]2[C@H](C[N+](=O)[O-])CC[C@]23c2occc2CCN13.O=C1C[C@H]2[C@H](C[N+](=O)[O-])CC[C@]23c2sc4ccccc4c2CCN13.O=[N+]([O-])C[C@@H]1CC[C@@]23C4=C(CC=C4)CCN2CC[C@@H]13. The van der Waals surface area contributed by atoms with E-state index in [4.69, 9.17) is 13.3 Å². The summed E-state index contributed by atoms with van der Waals surface area (Å²) in [6, 6.07) is 26.4. The van der Waals surface area contributed by atoms with Crippen molar-refractivity contribution in [3.8, 4) is 0 Å². The number of fused-ring (bicyclic) bond motifs is 11. The Bertz CT molecular complexity index is 5930. The lowest BCUT2D eigenvalue weighted by Gasteiger charge is -2.44. The number of carbonyl (C=O) groups excluding carboxylic acids is 5. The maximum absolute atomic E-state index is 12.6. The van der Waals surface area contributed by atoms with E-state index in [0.717, 1.165) is 191 Å². The summed E-state index contributed by atoms with van der Waals surface area (Å²) in [5.41, 5.74) is 10.1. The van der Waals surface area contributed by atoms with Gasteiger partial charge in [0.1, 0.15) is 39.5 Å². The Labute approximate surface area is 756 Å². The quantitative estimate of drug-likeness (QED) is 0.0876. The number of thiophene rings is 1. The molecular formula is C96H106N14O20S. The molecule has 34 nitrogen and oxygen atoms in total. The molecule has 6 spiro atoms. The van der Waals surface area contributed by atoms with Gasteiger partial charge in [-0.3, -0.25) is 89.6 Å². The number of carbonyl (C=O) groups is 5. The van der Waals surface area contributed by atoms with Crippen molar-refractivity contribution in [3.05, 3.63) is 231 Å². The van der Waals surface area contributed by atoms with E-state index < -0.39 is 16.6 Å². The molecule has 5 aromatic heterocycles. The fraction of sp³-hybridized carbons (Fsp3) is 0.583. The molecule has 0 radical (unpaired) electrons. The Kier molecular flexibility index (Phi) is 20.6. The summed E-state index contributed by atoms with van der Waals surface area (Å²) in [7, 11) is 0. The molecule has 12 aliphatic heterocycles. The summed E-state index contributed by atoms with van der Waals surface area (Å²) in [6.07, 6.45) is 28.0. The Hall–Kier alpha value is -11.6. The number of hydrogen-bond acceptors (Lipinski definition) is 23. The summed E-state index contributed by atoms with van der Waals surface area (Å²) in [5, 5.41) is 69.3. The fourth-order valence-electron chi connectivity index (χ4n) is 30.9. The average Bonchev–Trinajstić information content (AvgIpc) is 1.41.